The summed E-state index contributed by atoms with van der Waals surface area (Å²) in [7, 11) is 0. The molecule has 2 unspecified atom stereocenters. The van der Waals surface area contributed by atoms with Crippen LogP contribution in [0.15, 0.2) is 12.2 Å². The van der Waals surface area contributed by atoms with E-state index in [1.54, 1.807) is 6.92 Å². The SMILES string of the molecule is C=C(C)C(=O)NC1CCCCC1O. The van der Waals surface area contributed by atoms with Crippen LogP contribution in [0.2, 0.25) is 0 Å². The van der Waals surface area contributed by atoms with Gasteiger partial charge in [0.1, 0.15) is 0 Å². The van der Waals surface area contributed by atoms with Crippen molar-refractivity contribution in [2.75, 3.05) is 0 Å². The van der Waals surface area contributed by atoms with E-state index < -0.39 is 0 Å². The molecule has 1 aliphatic carbocycles. The molecule has 1 fully saturated rings. The average Bonchev–Trinajstić information content (AvgIpc) is 2.08. The lowest BCUT2D eigenvalue weighted by atomic mass is 9.92. The summed E-state index contributed by atoms with van der Waals surface area (Å²) in [6.45, 7) is 5.22. The Balaban J connectivity index is 2.42. The quantitative estimate of drug-likeness (QED) is 0.627. The van der Waals surface area contributed by atoms with Gasteiger partial charge in [0.15, 0.2) is 0 Å². The van der Waals surface area contributed by atoms with E-state index in [9.17, 15) is 9.90 Å². The van der Waals surface area contributed by atoms with Crippen molar-refractivity contribution in [2.24, 2.45) is 0 Å². The highest BCUT2D eigenvalue weighted by Gasteiger charge is 2.24. The van der Waals surface area contributed by atoms with E-state index in [1.807, 2.05) is 0 Å². The molecule has 1 aliphatic rings. The first-order chi connectivity index (χ1) is 6.11. The molecule has 0 heterocycles. The maximum Gasteiger partial charge on any atom is 0.246 e. The minimum atomic E-state index is -0.378. The van der Waals surface area contributed by atoms with Crippen LogP contribution in [0.3, 0.4) is 0 Å². The Hall–Kier alpha value is -0.830. The van der Waals surface area contributed by atoms with Crippen LogP contribution in [-0.2, 0) is 4.79 Å². The van der Waals surface area contributed by atoms with Crippen LogP contribution in [0.1, 0.15) is 32.6 Å². The molecule has 1 saturated carbocycles. The summed E-state index contributed by atoms with van der Waals surface area (Å²) in [5, 5.41) is 12.3. The van der Waals surface area contributed by atoms with Crippen LogP contribution in [0, 0.1) is 0 Å². The van der Waals surface area contributed by atoms with E-state index in [1.165, 1.54) is 0 Å². The number of hydrogen-bond donors (Lipinski definition) is 2. The zero-order valence-corrected chi connectivity index (χ0v) is 8.05. The molecule has 0 saturated heterocycles. The van der Waals surface area contributed by atoms with Crippen molar-refractivity contribution in [3.05, 3.63) is 12.2 Å². The zero-order valence-electron chi connectivity index (χ0n) is 8.05. The topological polar surface area (TPSA) is 49.3 Å². The number of aliphatic hydroxyl groups excluding tert-OH is 1. The van der Waals surface area contributed by atoms with Gasteiger partial charge in [-0.05, 0) is 19.8 Å². The molecule has 0 aliphatic heterocycles. The van der Waals surface area contributed by atoms with E-state index >= 15 is 0 Å². The average molecular weight is 183 g/mol. The maximum atomic E-state index is 11.2. The molecule has 0 aromatic carbocycles. The van der Waals surface area contributed by atoms with Gasteiger partial charge in [0.2, 0.25) is 5.91 Å². The van der Waals surface area contributed by atoms with Crippen molar-refractivity contribution in [3.63, 3.8) is 0 Å². The second-order valence-electron chi connectivity index (χ2n) is 3.71. The van der Waals surface area contributed by atoms with Crippen molar-refractivity contribution in [1.29, 1.82) is 0 Å². The fraction of sp³-hybridized carbons (Fsp3) is 0.700. The van der Waals surface area contributed by atoms with Gasteiger partial charge >= 0.3 is 0 Å². The Bertz CT molecular complexity index is 213. The highest BCUT2D eigenvalue weighted by molar-refractivity contribution is 5.92. The predicted octanol–water partition coefficient (Wildman–Crippen LogP) is 0.982. The van der Waals surface area contributed by atoms with E-state index in [0.717, 1.165) is 25.7 Å². The van der Waals surface area contributed by atoms with E-state index in [4.69, 9.17) is 0 Å². The second kappa shape index (κ2) is 4.42. The number of rotatable bonds is 2. The minimum absolute atomic E-state index is 0.0713. The molecule has 3 nitrogen and oxygen atoms in total. The van der Waals surface area contributed by atoms with E-state index in [0.29, 0.717) is 5.57 Å². The van der Waals surface area contributed by atoms with Crippen LogP contribution >= 0.6 is 0 Å². The van der Waals surface area contributed by atoms with E-state index in [-0.39, 0.29) is 18.1 Å². The van der Waals surface area contributed by atoms with Gasteiger partial charge in [0, 0.05) is 5.57 Å². The number of hydrogen-bond acceptors (Lipinski definition) is 2. The Labute approximate surface area is 78.8 Å². The molecular weight excluding hydrogens is 166 g/mol. The van der Waals surface area contributed by atoms with Gasteiger partial charge in [0.05, 0.1) is 12.1 Å². The van der Waals surface area contributed by atoms with Gasteiger partial charge in [-0.1, -0.05) is 19.4 Å². The normalized spacial score (nSPS) is 28.2. The molecule has 13 heavy (non-hydrogen) atoms. The fourth-order valence-corrected chi connectivity index (χ4v) is 1.57. The highest BCUT2D eigenvalue weighted by atomic mass is 16.3. The molecule has 74 valence electrons. The maximum absolute atomic E-state index is 11.2. The number of amides is 1. The van der Waals surface area contributed by atoms with Gasteiger partial charge in [-0.25, -0.2) is 0 Å². The van der Waals surface area contributed by atoms with E-state index in [2.05, 4.69) is 11.9 Å². The first-order valence-corrected chi connectivity index (χ1v) is 4.75. The number of carbonyl (C=O) groups is 1. The van der Waals surface area contributed by atoms with Crippen LogP contribution in [0.4, 0.5) is 0 Å². The smallest absolute Gasteiger partial charge is 0.246 e. The number of nitrogens with one attached hydrogen (secondary N) is 1. The third-order valence-corrected chi connectivity index (χ3v) is 2.43. The lowest BCUT2D eigenvalue weighted by Gasteiger charge is -2.28. The summed E-state index contributed by atoms with van der Waals surface area (Å²) in [6.07, 6.45) is 3.43. The van der Waals surface area contributed by atoms with Crippen LogP contribution in [-0.4, -0.2) is 23.2 Å². The molecule has 0 aromatic heterocycles. The predicted molar refractivity (Wildman–Crippen MR) is 51.2 cm³/mol. The number of carbonyl (C=O) groups excluding carboxylic acids is 1. The third-order valence-electron chi connectivity index (χ3n) is 2.43. The second-order valence-corrected chi connectivity index (χ2v) is 3.71. The molecule has 0 bridgehead atoms. The van der Waals surface area contributed by atoms with Crippen molar-refractivity contribution >= 4 is 5.91 Å². The van der Waals surface area contributed by atoms with Crippen molar-refractivity contribution in [1.82, 2.24) is 5.32 Å². The monoisotopic (exact) mass is 183 g/mol. The summed E-state index contributed by atoms with van der Waals surface area (Å²) in [4.78, 5) is 11.2. The summed E-state index contributed by atoms with van der Waals surface area (Å²) in [6, 6.07) is -0.0713. The highest BCUT2D eigenvalue weighted by Crippen LogP contribution is 2.18. The zero-order chi connectivity index (χ0) is 9.84. The summed E-state index contributed by atoms with van der Waals surface area (Å²) < 4.78 is 0. The minimum Gasteiger partial charge on any atom is -0.391 e. The standard InChI is InChI=1S/C10H17NO2/c1-7(2)10(13)11-8-5-3-4-6-9(8)12/h8-9,12H,1,3-6H2,2H3,(H,11,13). The molecule has 2 N–H and O–H groups in total. The van der Waals surface area contributed by atoms with Gasteiger partial charge < -0.3 is 10.4 Å². The van der Waals surface area contributed by atoms with Crippen LogP contribution in [0.25, 0.3) is 0 Å². The lowest BCUT2D eigenvalue weighted by Crippen LogP contribution is -2.45. The van der Waals surface area contributed by atoms with Gasteiger partial charge in [0.25, 0.3) is 0 Å². The summed E-state index contributed by atoms with van der Waals surface area (Å²) in [5.41, 5.74) is 0.498. The van der Waals surface area contributed by atoms with Crippen molar-refractivity contribution in [3.8, 4) is 0 Å². The first kappa shape index (κ1) is 10.3. The van der Waals surface area contributed by atoms with Crippen LogP contribution in [0.5, 0.6) is 0 Å². The molecule has 0 spiro atoms. The van der Waals surface area contributed by atoms with Gasteiger partial charge in [-0.15, -0.1) is 0 Å². The molecule has 0 aromatic rings. The van der Waals surface area contributed by atoms with Gasteiger partial charge in [-0.2, -0.15) is 0 Å². The fourth-order valence-electron chi connectivity index (χ4n) is 1.57. The molecule has 1 rings (SSSR count). The largest absolute Gasteiger partial charge is 0.391 e. The van der Waals surface area contributed by atoms with Gasteiger partial charge in [-0.3, -0.25) is 4.79 Å². The van der Waals surface area contributed by atoms with Crippen molar-refractivity contribution < 1.29 is 9.90 Å². The van der Waals surface area contributed by atoms with Crippen LogP contribution < -0.4 is 5.32 Å². The molecule has 3 heteroatoms. The Morgan fingerprint density at radius 1 is 1.46 bits per heavy atom. The first-order valence-electron chi connectivity index (χ1n) is 4.75. The Morgan fingerprint density at radius 2 is 2.08 bits per heavy atom. The summed E-state index contributed by atoms with van der Waals surface area (Å²) >= 11 is 0. The number of aliphatic hydroxyl groups is 1. The molecule has 0 radical (unpaired) electrons. The Kier molecular flexibility index (Phi) is 3.48. The third kappa shape index (κ3) is 2.84. The molecule has 2 atom stereocenters. The molecule has 1 amide bonds. The van der Waals surface area contributed by atoms with Crippen molar-refractivity contribution in [2.45, 2.75) is 44.8 Å². The summed E-state index contributed by atoms with van der Waals surface area (Å²) in [5.74, 6) is -0.147. The Morgan fingerprint density at radius 3 is 2.62 bits per heavy atom. The molecular formula is C10H17NO2. The lowest BCUT2D eigenvalue weighted by molar-refractivity contribution is -0.119.